The predicted octanol–water partition coefficient (Wildman–Crippen LogP) is 3.34. The molecular weight excluding hydrogens is 374 g/mol. The molecule has 0 saturated heterocycles. The van der Waals surface area contributed by atoms with Crippen molar-refractivity contribution in [1.82, 2.24) is 25.1 Å². The van der Waals surface area contributed by atoms with E-state index >= 15 is 0 Å². The highest BCUT2D eigenvalue weighted by Gasteiger charge is 2.19. The van der Waals surface area contributed by atoms with Gasteiger partial charge in [0.2, 0.25) is 5.91 Å². The van der Waals surface area contributed by atoms with Crippen LogP contribution < -0.4 is 10.1 Å². The van der Waals surface area contributed by atoms with E-state index in [4.69, 9.17) is 4.74 Å². The van der Waals surface area contributed by atoms with Gasteiger partial charge >= 0.3 is 0 Å². The summed E-state index contributed by atoms with van der Waals surface area (Å²) in [6.07, 6.45) is 3.42. The summed E-state index contributed by atoms with van der Waals surface area (Å²) in [7, 11) is 1.63. The summed E-state index contributed by atoms with van der Waals surface area (Å²) in [5.41, 5.74) is 1.46. The van der Waals surface area contributed by atoms with Crippen molar-refractivity contribution in [2.24, 2.45) is 0 Å². The summed E-state index contributed by atoms with van der Waals surface area (Å²) in [6, 6.07) is 11.4. The van der Waals surface area contributed by atoms with Crippen LogP contribution in [0.2, 0.25) is 0 Å². The largest absolute Gasteiger partial charge is 0.497 e. The average Bonchev–Trinajstić information content (AvgIpc) is 3.10. The predicted molar refractivity (Wildman–Crippen MR) is 110 cm³/mol. The Bertz CT molecular complexity index is 951. The molecule has 0 bridgehead atoms. The molecule has 7 nitrogen and oxygen atoms in total. The highest BCUT2D eigenvalue weighted by atomic mass is 32.2. The molecule has 146 valence electrons. The van der Waals surface area contributed by atoms with Crippen LogP contribution in [0.25, 0.3) is 17.1 Å². The number of hydrogen-bond acceptors (Lipinski definition) is 6. The third kappa shape index (κ3) is 4.89. The van der Waals surface area contributed by atoms with Gasteiger partial charge in [-0.2, -0.15) is 0 Å². The first kappa shape index (κ1) is 19.9. The number of nitrogens with one attached hydrogen (secondary N) is 1. The van der Waals surface area contributed by atoms with Crippen LogP contribution in [0.4, 0.5) is 0 Å². The molecule has 0 atom stereocenters. The first-order valence-electron chi connectivity index (χ1n) is 8.81. The summed E-state index contributed by atoms with van der Waals surface area (Å²) in [4.78, 5) is 16.3. The van der Waals surface area contributed by atoms with E-state index in [0.717, 1.165) is 17.0 Å². The van der Waals surface area contributed by atoms with E-state index in [2.05, 4.69) is 20.5 Å². The lowest BCUT2D eigenvalue weighted by molar-refractivity contribution is -0.119. The first-order chi connectivity index (χ1) is 13.4. The molecule has 0 saturated carbocycles. The van der Waals surface area contributed by atoms with E-state index < -0.39 is 0 Å². The number of benzene rings is 1. The molecule has 28 heavy (non-hydrogen) atoms. The van der Waals surface area contributed by atoms with E-state index in [1.54, 1.807) is 19.5 Å². The number of hydrogen-bond donors (Lipinski definition) is 1. The van der Waals surface area contributed by atoms with Gasteiger partial charge in [-0.05, 0) is 45.0 Å². The fourth-order valence-electron chi connectivity index (χ4n) is 2.62. The van der Waals surface area contributed by atoms with Crippen LogP contribution in [0.1, 0.15) is 20.8 Å². The Morgan fingerprint density at radius 1 is 1.18 bits per heavy atom. The maximum atomic E-state index is 12.2. The van der Waals surface area contributed by atoms with Gasteiger partial charge in [0.05, 0.1) is 18.6 Å². The quantitative estimate of drug-likeness (QED) is 0.643. The van der Waals surface area contributed by atoms with Crippen LogP contribution in [0.15, 0.2) is 53.9 Å². The van der Waals surface area contributed by atoms with E-state index in [-0.39, 0.29) is 17.2 Å². The molecule has 1 amide bonds. The van der Waals surface area contributed by atoms with Crippen molar-refractivity contribution in [2.45, 2.75) is 31.5 Å². The minimum Gasteiger partial charge on any atom is -0.497 e. The van der Waals surface area contributed by atoms with Gasteiger partial charge in [0.25, 0.3) is 0 Å². The molecule has 0 aliphatic heterocycles. The Labute approximate surface area is 168 Å². The van der Waals surface area contributed by atoms with Crippen molar-refractivity contribution in [2.75, 3.05) is 12.9 Å². The smallest absolute Gasteiger partial charge is 0.230 e. The van der Waals surface area contributed by atoms with Crippen molar-refractivity contribution in [3.63, 3.8) is 0 Å². The second kappa shape index (κ2) is 8.43. The molecule has 1 aromatic carbocycles. The van der Waals surface area contributed by atoms with Crippen LogP contribution in [-0.2, 0) is 4.79 Å². The third-order valence-electron chi connectivity index (χ3n) is 3.73. The first-order valence-corrected chi connectivity index (χ1v) is 9.80. The normalized spacial score (nSPS) is 11.3. The Morgan fingerprint density at radius 3 is 2.61 bits per heavy atom. The zero-order chi connectivity index (χ0) is 20.1. The molecule has 0 aliphatic rings. The standard InChI is InChI=1S/C20H23N5O2S/c1-20(2,3)22-17(26)13-28-19-24-23-18(14-8-10-21-11-9-14)25(19)15-6-5-7-16(12-15)27-4/h5-12H,13H2,1-4H3,(H,22,26). The molecule has 3 aromatic rings. The number of carbonyl (C=O) groups excluding carboxylic acids is 1. The number of pyridine rings is 1. The maximum absolute atomic E-state index is 12.2. The summed E-state index contributed by atoms with van der Waals surface area (Å²) >= 11 is 1.34. The molecule has 0 spiro atoms. The number of rotatable bonds is 6. The van der Waals surface area contributed by atoms with Gasteiger partial charge in [-0.3, -0.25) is 14.3 Å². The lowest BCUT2D eigenvalue weighted by Crippen LogP contribution is -2.41. The van der Waals surface area contributed by atoms with Gasteiger partial charge in [0.15, 0.2) is 11.0 Å². The zero-order valence-electron chi connectivity index (χ0n) is 16.3. The number of carbonyl (C=O) groups is 1. The molecule has 0 aliphatic carbocycles. The third-order valence-corrected chi connectivity index (χ3v) is 4.66. The molecular formula is C20H23N5O2S. The number of thioether (sulfide) groups is 1. The van der Waals surface area contributed by atoms with E-state index in [1.807, 2.05) is 61.7 Å². The molecule has 0 radical (unpaired) electrons. The monoisotopic (exact) mass is 397 g/mol. The maximum Gasteiger partial charge on any atom is 0.230 e. The van der Waals surface area contributed by atoms with Gasteiger partial charge < -0.3 is 10.1 Å². The van der Waals surface area contributed by atoms with Gasteiger partial charge in [0.1, 0.15) is 5.75 Å². The average molecular weight is 398 g/mol. The molecule has 0 fully saturated rings. The SMILES string of the molecule is COc1cccc(-n2c(SCC(=O)NC(C)(C)C)nnc2-c2ccncc2)c1. The number of ether oxygens (including phenoxy) is 1. The lowest BCUT2D eigenvalue weighted by Gasteiger charge is -2.20. The van der Waals surface area contributed by atoms with Gasteiger partial charge in [-0.15, -0.1) is 10.2 Å². The van der Waals surface area contributed by atoms with Crippen LogP contribution in [-0.4, -0.2) is 44.1 Å². The fraction of sp³-hybridized carbons (Fsp3) is 0.300. The second-order valence-electron chi connectivity index (χ2n) is 7.17. The Hall–Kier alpha value is -2.87. The van der Waals surface area contributed by atoms with Crippen LogP contribution in [0, 0.1) is 0 Å². The summed E-state index contributed by atoms with van der Waals surface area (Å²) < 4.78 is 7.28. The summed E-state index contributed by atoms with van der Waals surface area (Å²) in [5.74, 6) is 1.60. The van der Waals surface area contributed by atoms with Gasteiger partial charge in [0, 0.05) is 29.6 Å². The van der Waals surface area contributed by atoms with Crippen molar-refractivity contribution in [1.29, 1.82) is 0 Å². The Morgan fingerprint density at radius 2 is 1.93 bits per heavy atom. The summed E-state index contributed by atoms with van der Waals surface area (Å²) in [6.45, 7) is 5.86. The summed E-state index contributed by atoms with van der Waals surface area (Å²) in [5, 5.41) is 12.3. The molecule has 8 heteroatoms. The van der Waals surface area contributed by atoms with Crippen molar-refractivity contribution in [3.8, 4) is 22.8 Å². The number of methoxy groups -OCH3 is 1. The van der Waals surface area contributed by atoms with Crippen molar-refractivity contribution < 1.29 is 9.53 Å². The molecule has 3 rings (SSSR count). The molecule has 1 N–H and O–H groups in total. The number of nitrogens with zero attached hydrogens (tertiary/aromatic N) is 4. The zero-order valence-corrected chi connectivity index (χ0v) is 17.2. The Balaban J connectivity index is 1.96. The van der Waals surface area contributed by atoms with E-state index in [1.165, 1.54) is 11.8 Å². The fourth-order valence-corrected chi connectivity index (χ4v) is 3.37. The van der Waals surface area contributed by atoms with E-state index in [9.17, 15) is 4.79 Å². The minimum absolute atomic E-state index is 0.0526. The molecule has 2 aromatic heterocycles. The highest BCUT2D eigenvalue weighted by molar-refractivity contribution is 7.99. The van der Waals surface area contributed by atoms with Gasteiger partial charge in [-0.25, -0.2) is 0 Å². The molecule has 0 unspecified atom stereocenters. The molecule has 2 heterocycles. The van der Waals surface area contributed by atoms with Gasteiger partial charge in [-0.1, -0.05) is 17.8 Å². The second-order valence-corrected chi connectivity index (χ2v) is 8.11. The number of aromatic nitrogens is 4. The lowest BCUT2D eigenvalue weighted by atomic mass is 10.1. The van der Waals surface area contributed by atoms with Crippen molar-refractivity contribution >= 4 is 17.7 Å². The highest BCUT2D eigenvalue weighted by Crippen LogP contribution is 2.29. The Kier molecular flexibility index (Phi) is 5.99. The topological polar surface area (TPSA) is 81.9 Å². The minimum atomic E-state index is -0.277. The van der Waals surface area contributed by atoms with Crippen LogP contribution >= 0.6 is 11.8 Å². The van der Waals surface area contributed by atoms with E-state index in [0.29, 0.717) is 11.0 Å². The number of amides is 1. The van der Waals surface area contributed by atoms with Crippen LogP contribution in [0.3, 0.4) is 0 Å². The van der Waals surface area contributed by atoms with Crippen molar-refractivity contribution in [3.05, 3.63) is 48.8 Å². The van der Waals surface area contributed by atoms with Crippen LogP contribution in [0.5, 0.6) is 5.75 Å².